The largest absolute Gasteiger partial charge is 0.462 e. The van der Waals surface area contributed by atoms with E-state index in [4.69, 9.17) is 11.3 Å². The first-order valence-corrected chi connectivity index (χ1v) is 17.5. The maximum Gasteiger partial charge on any atom is 0.302 e. The molecule has 0 aromatic heterocycles. The zero-order valence-electron chi connectivity index (χ0n) is 28.4. The van der Waals surface area contributed by atoms with Crippen LogP contribution >= 0.6 is 0 Å². The van der Waals surface area contributed by atoms with Gasteiger partial charge in [0.05, 0.1) is 0 Å². The molecule has 0 aliphatic heterocycles. The molecule has 1 aromatic rings. The van der Waals surface area contributed by atoms with Crippen molar-refractivity contribution in [2.75, 3.05) is 0 Å². The monoisotopic (exact) mass is 585 g/mol. The number of nitrogens with one attached hydrogen (secondary N) is 1. The average Bonchev–Trinajstić information content (AvgIpc) is 3.35. The van der Waals surface area contributed by atoms with Gasteiger partial charge in [-0.2, -0.15) is 0 Å². The van der Waals surface area contributed by atoms with E-state index in [0.29, 0.717) is 45.8 Å². The number of esters is 1. The number of benzene rings is 1. The molecule has 3 heteroatoms. The molecule has 1 N–H and O–H groups in total. The molecule has 0 bridgehead atoms. The minimum atomic E-state index is -0.121. The molecule has 236 valence electrons. The van der Waals surface area contributed by atoms with Gasteiger partial charge in [-0.05, 0) is 123 Å². The van der Waals surface area contributed by atoms with Gasteiger partial charge >= 0.3 is 5.97 Å². The van der Waals surface area contributed by atoms with Crippen LogP contribution in [0.4, 0.5) is 0 Å². The van der Waals surface area contributed by atoms with E-state index in [1.165, 1.54) is 74.6 Å². The van der Waals surface area contributed by atoms with Crippen LogP contribution < -0.4 is 5.32 Å². The average molecular weight is 586 g/mol. The predicted molar refractivity (Wildman–Crippen MR) is 177 cm³/mol. The van der Waals surface area contributed by atoms with Gasteiger partial charge in [0.1, 0.15) is 6.10 Å². The van der Waals surface area contributed by atoms with E-state index in [2.05, 4.69) is 83.8 Å². The van der Waals surface area contributed by atoms with Crippen molar-refractivity contribution in [3.05, 3.63) is 60.3 Å². The molecule has 43 heavy (non-hydrogen) atoms. The van der Waals surface area contributed by atoms with Gasteiger partial charge in [0.25, 0.3) is 0 Å². The SMILES string of the molecule is C=C(C)[C@@H]1CC[C@]2(C(=C)NCc3ccccc3)CC[C@]3(C)C(CCC4[C@@]5(C)CC[C@H](OC(C)=O)C(C)(C)C5CC[C@]43C)C12. The van der Waals surface area contributed by atoms with Crippen molar-refractivity contribution in [1.82, 2.24) is 5.32 Å². The van der Waals surface area contributed by atoms with Gasteiger partial charge in [0.2, 0.25) is 0 Å². The first-order chi connectivity index (χ1) is 20.2. The Morgan fingerprint density at radius 1 is 0.837 bits per heavy atom. The van der Waals surface area contributed by atoms with Crippen LogP contribution in [0, 0.1) is 56.7 Å². The van der Waals surface area contributed by atoms with Crippen LogP contribution in [-0.4, -0.2) is 12.1 Å². The summed E-state index contributed by atoms with van der Waals surface area (Å²) in [5, 5.41) is 3.87. The summed E-state index contributed by atoms with van der Waals surface area (Å²) in [7, 11) is 0. The second-order valence-corrected chi connectivity index (χ2v) is 17.1. The Hall–Kier alpha value is -2.03. The second-order valence-electron chi connectivity index (χ2n) is 17.1. The molecule has 5 fully saturated rings. The summed E-state index contributed by atoms with van der Waals surface area (Å²) in [6.45, 7) is 27.0. The van der Waals surface area contributed by atoms with Crippen molar-refractivity contribution in [2.24, 2.45) is 56.7 Å². The van der Waals surface area contributed by atoms with E-state index in [-0.39, 0.29) is 22.9 Å². The highest BCUT2D eigenvalue weighted by Gasteiger charge is 2.71. The highest BCUT2D eigenvalue weighted by molar-refractivity contribution is 5.66. The third kappa shape index (κ3) is 4.44. The number of ether oxygens (including phenoxy) is 1. The second kappa shape index (κ2) is 10.5. The van der Waals surface area contributed by atoms with Crippen LogP contribution in [0.15, 0.2) is 54.8 Å². The molecule has 5 aliphatic rings. The number of hydrogen-bond donors (Lipinski definition) is 1. The molecule has 0 heterocycles. The zero-order chi connectivity index (χ0) is 31.0. The lowest BCUT2D eigenvalue weighted by Crippen LogP contribution is -2.67. The van der Waals surface area contributed by atoms with Crippen molar-refractivity contribution in [3.8, 4) is 0 Å². The van der Waals surface area contributed by atoms with Crippen molar-refractivity contribution < 1.29 is 9.53 Å². The summed E-state index contributed by atoms with van der Waals surface area (Å²) >= 11 is 0. The quantitative estimate of drug-likeness (QED) is 0.267. The van der Waals surface area contributed by atoms with Crippen LogP contribution in [-0.2, 0) is 16.1 Å². The number of fused-ring (bicyclic) bond motifs is 7. The van der Waals surface area contributed by atoms with Gasteiger partial charge in [0.15, 0.2) is 0 Å². The first-order valence-electron chi connectivity index (χ1n) is 17.5. The van der Waals surface area contributed by atoms with Gasteiger partial charge < -0.3 is 10.1 Å². The van der Waals surface area contributed by atoms with Gasteiger partial charge in [-0.25, -0.2) is 0 Å². The molecule has 1 aromatic carbocycles. The maximum absolute atomic E-state index is 12.0. The van der Waals surface area contributed by atoms with Crippen molar-refractivity contribution >= 4 is 5.97 Å². The molecule has 3 nitrogen and oxygen atoms in total. The Bertz CT molecular complexity index is 1270. The van der Waals surface area contributed by atoms with Crippen molar-refractivity contribution in [1.29, 1.82) is 0 Å². The molecule has 0 amide bonds. The van der Waals surface area contributed by atoms with Crippen molar-refractivity contribution in [2.45, 2.75) is 125 Å². The van der Waals surface area contributed by atoms with Crippen LogP contribution in [0.25, 0.3) is 0 Å². The maximum atomic E-state index is 12.0. The molecule has 5 aliphatic carbocycles. The lowest BCUT2D eigenvalue weighted by Gasteiger charge is -2.73. The number of carbonyl (C=O) groups is 1. The summed E-state index contributed by atoms with van der Waals surface area (Å²) in [5.41, 5.74) is 5.11. The molecule has 6 rings (SSSR count). The zero-order valence-corrected chi connectivity index (χ0v) is 28.4. The third-order valence-corrected chi connectivity index (χ3v) is 15.3. The van der Waals surface area contributed by atoms with Crippen LogP contribution in [0.5, 0.6) is 0 Å². The molecule has 0 saturated heterocycles. The van der Waals surface area contributed by atoms with E-state index in [1.807, 2.05) is 0 Å². The lowest BCUT2D eigenvalue weighted by molar-refractivity contribution is -0.248. The fraction of sp³-hybridized carbons (Fsp3) is 0.725. The van der Waals surface area contributed by atoms with Crippen LogP contribution in [0.3, 0.4) is 0 Å². The fourth-order valence-electron chi connectivity index (χ4n) is 13.0. The molecule has 4 unspecified atom stereocenters. The normalized spacial score (nSPS) is 44.6. The predicted octanol–water partition coefficient (Wildman–Crippen LogP) is 9.88. The molecule has 0 radical (unpaired) electrons. The highest BCUT2D eigenvalue weighted by Crippen LogP contribution is 2.78. The van der Waals surface area contributed by atoms with Gasteiger partial charge in [-0.15, -0.1) is 0 Å². The standard InChI is InChI=1S/C40H59NO2/c1-26(2)30-17-22-40(27(3)41-25-29-13-11-10-12-14-29)24-23-38(8)31(35(30)40)15-16-33-37(7)20-19-34(43-28(4)42)36(5,6)32(37)18-21-39(33,38)9/h10-14,30-35,41H,1,3,15-25H2,2,4-9H3/t30-,31?,32?,33?,34-,35?,37-,38+,39+,40+/m0/s1. The highest BCUT2D eigenvalue weighted by atomic mass is 16.5. The summed E-state index contributed by atoms with van der Waals surface area (Å²) in [6, 6.07) is 10.8. The fourth-order valence-corrected chi connectivity index (χ4v) is 13.0. The lowest BCUT2D eigenvalue weighted by atomic mass is 9.32. The number of rotatable bonds is 6. The summed E-state index contributed by atoms with van der Waals surface area (Å²) in [6.07, 6.45) is 12.5. The van der Waals surface area contributed by atoms with Crippen LogP contribution in [0.1, 0.15) is 118 Å². The Kier molecular flexibility index (Phi) is 7.58. The minimum absolute atomic E-state index is 0.0120. The Morgan fingerprint density at radius 3 is 2.23 bits per heavy atom. The molecular weight excluding hydrogens is 526 g/mol. The summed E-state index contributed by atoms with van der Waals surface area (Å²) < 4.78 is 5.97. The first kappa shape index (κ1) is 31.0. The minimum Gasteiger partial charge on any atom is -0.462 e. The van der Waals surface area contributed by atoms with Crippen LogP contribution in [0.2, 0.25) is 0 Å². The van der Waals surface area contributed by atoms with E-state index in [9.17, 15) is 4.79 Å². The molecule has 10 atom stereocenters. The Labute approximate surface area is 262 Å². The van der Waals surface area contributed by atoms with E-state index in [0.717, 1.165) is 13.0 Å². The van der Waals surface area contributed by atoms with Crippen molar-refractivity contribution in [3.63, 3.8) is 0 Å². The van der Waals surface area contributed by atoms with E-state index in [1.54, 1.807) is 6.92 Å². The van der Waals surface area contributed by atoms with Gasteiger partial charge in [-0.3, -0.25) is 4.79 Å². The smallest absolute Gasteiger partial charge is 0.302 e. The van der Waals surface area contributed by atoms with Gasteiger partial charge in [-0.1, -0.05) is 83.7 Å². The summed E-state index contributed by atoms with van der Waals surface area (Å²) in [5.74, 6) is 3.10. The Morgan fingerprint density at radius 2 is 1.56 bits per heavy atom. The van der Waals surface area contributed by atoms with E-state index < -0.39 is 0 Å². The summed E-state index contributed by atoms with van der Waals surface area (Å²) in [4.78, 5) is 12.0. The number of allylic oxidation sites excluding steroid dienone is 2. The Balaban J connectivity index is 1.31. The van der Waals surface area contributed by atoms with Gasteiger partial charge in [0, 0.05) is 30.0 Å². The topological polar surface area (TPSA) is 38.3 Å². The molecule has 5 saturated carbocycles. The molecule has 0 spiro atoms. The number of hydrogen-bond acceptors (Lipinski definition) is 3. The number of carbonyl (C=O) groups excluding carboxylic acids is 1. The molecular formula is C40H59NO2. The van der Waals surface area contributed by atoms with E-state index >= 15 is 0 Å². The third-order valence-electron chi connectivity index (χ3n) is 15.3.